The standard InChI is InChI=1S/C16H21Cl2N3O3/c1-10-13(11(17)9-12(18)19-10)14(22)20-5-7-21(8-6-20)15(23)24-16(2,3)4/h9H,5-8H2,1-4H3. The largest absolute Gasteiger partial charge is 0.444 e. The van der Waals surface area contributed by atoms with Crippen molar-refractivity contribution in [1.29, 1.82) is 0 Å². The highest BCUT2D eigenvalue weighted by atomic mass is 35.5. The number of aryl methyl sites for hydroxylation is 1. The van der Waals surface area contributed by atoms with Crippen LogP contribution in [0.25, 0.3) is 0 Å². The van der Waals surface area contributed by atoms with Crippen molar-refractivity contribution in [1.82, 2.24) is 14.8 Å². The first-order valence-corrected chi connectivity index (χ1v) is 8.44. The Morgan fingerprint density at radius 1 is 1.12 bits per heavy atom. The molecule has 1 aliphatic rings. The van der Waals surface area contributed by atoms with Crippen LogP contribution in [0.2, 0.25) is 10.2 Å². The van der Waals surface area contributed by atoms with Gasteiger partial charge in [-0.15, -0.1) is 0 Å². The molecule has 1 aromatic heterocycles. The van der Waals surface area contributed by atoms with Gasteiger partial charge in [0.25, 0.3) is 5.91 Å². The van der Waals surface area contributed by atoms with Crippen LogP contribution in [0, 0.1) is 6.92 Å². The van der Waals surface area contributed by atoms with Gasteiger partial charge in [0.05, 0.1) is 16.3 Å². The van der Waals surface area contributed by atoms with E-state index in [-0.39, 0.29) is 22.2 Å². The fourth-order valence-corrected chi connectivity index (χ4v) is 3.04. The van der Waals surface area contributed by atoms with Crippen LogP contribution in [0.5, 0.6) is 0 Å². The minimum absolute atomic E-state index is 0.203. The van der Waals surface area contributed by atoms with Crippen LogP contribution in [-0.2, 0) is 4.74 Å². The van der Waals surface area contributed by atoms with Crippen molar-refractivity contribution in [3.05, 3.63) is 27.5 Å². The molecule has 0 spiro atoms. The SMILES string of the molecule is Cc1nc(Cl)cc(Cl)c1C(=O)N1CCN(C(=O)OC(C)(C)C)CC1. The molecular weight excluding hydrogens is 353 g/mol. The highest BCUT2D eigenvalue weighted by Gasteiger charge is 2.29. The molecule has 1 fully saturated rings. The minimum atomic E-state index is -0.538. The van der Waals surface area contributed by atoms with Gasteiger partial charge in [-0.05, 0) is 33.8 Å². The number of hydrogen-bond donors (Lipinski definition) is 0. The Kier molecular flexibility index (Phi) is 5.60. The maximum absolute atomic E-state index is 12.7. The zero-order valence-electron chi connectivity index (χ0n) is 14.2. The number of pyridine rings is 1. The molecule has 2 amide bonds. The molecule has 0 bridgehead atoms. The molecule has 0 N–H and O–H groups in total. The molecule has 0 saturated carbocycles. The molecule has 8 heteroatoms. The number of aromatic nitrogens is 1. The lowest BCUT2D eigenvalue weighted by molar-refractivity contribution is 0.0140. The van der Waals surface area contributed by atoms with Gasteiger partial charge < -0.3 is 14.5 Å². The number of ether oxygens (including phenoxy) is 1. The molecule has 24 heavy (non-hydrogen) atoms. The summed E-state index contributed by atoms with van der Waals surface area (Å²) >= 11 is 12.0. The summed E-state index contributed by atoms with van der Waals surface area (Å²) in [6.07, 6.45) is -0.364. The van der Waals surface area contributed by atoms with E-state index >= 15 is 0 Å². The Morgan fingerprint density at radius 3 is 2.17 bits per heavy atom. The second kappa shape index (κ2) is 7.15. The monoisotopic (exact) mass is 373 g/mol. The quantitative estimate of drug-likeness (QED) is 0.707. The molecule has 0 atom stereocenters. The third kappa shape index (κ3) is 4.51. The predicted molar refractivity (Wildman–Crippen MR) is 92.7 cm³/mol. The highest BCUT2D eigenvalue weighted by molar-refractivity contribution is 6.36. The van der Waals surface area contributed by atoms with Gasteiger partial charge in [-0.2, -0.15) is 0 Å². The summed E-state index contributed by atoms with van der Waals surface area (Å²) in [6.45, 7) is 8.82. The molecule has 1 aromatic rings. The Hall–Kier alpha value is -1.53. The van der Waals surface area contributed by atoms with E-state index in [1.165, 1.54) is 6.07 Å². The Bertz CT molecular complexity index is 627. The van der Waals surface area contributed by atoms with Crippen molar-refractivity contribution in [3.8, 4) is 0 Å². The van der Waals surface area contributed by atoms with Crippen LogP contribution >= 0.6 is 23.2 Å². The molecule has 2 heterocycles. The van der Waals surface area contributed by atoms with Gasteiger partial charge in [0.15, 0.2) is 0 Å². The van der Waals surface area contributed by atoms with Crippen molar-refractivity contribution < 1.29 is 14.3 Å². The summed E-state index contributed by atoms with van der Waals surface area (Å²) in [4.78, 5) is 32.1. The summed E-state index contributed by atoms with van der Waals surface area (Å²) < 4.78 is 5.35. The first kappa shape index (κ1) is 18.8. The van der Waals surface area contributed by atoms with E-state index in [0.29, 0.717) is 37.4 Å². The number of rotatable bonds is 1. The zero-order chi connectivity index (χ0) is 18.1. The van der Waals surface area contributed by atoms with Crippen molar-refractivity contribution in [3.63, 3.8) is 0 Å². The molecule has 0 aromatic carbocycles. The summed E-state index contributed by atoms with van der Waals surface area (Å²) in [6, 6.07) is 1.46. The number of carbonyl (C=O) groups excluding carboxylic acids is 2. The average molecular weight is 374 g/mol. The third-order valence-corrected chi connectivity index (χ3v) is 4.05. The molecule has 6 nitrogen and oxygen atoms in total. The van der Waals surface area contributed by atoms with E-state index in [0.717, 1.165) is 0 Å². The third-order valence-electron chi connectivity index (χ3n) is 3.55. The Balaban J connectivity index is 2.02. The van der Waals surface area contributed by atoms with Gasteiger partial charge in [-0.1, -0.05) is 23.2 Å². The molecule has 1 saturated heterocycles. The van der Waals surface area contributed by atoms with Gasteiger partial charge in [0.2, 0.25) is 0 Å². The second-order valence-electron chi connectivity index (χ2n) is 6.65. The van der Waals surface area contributed by atoms with Crippen LogP contribution in [0.15, 0.2) is 6.07 Å². The van der Waals surface area contributed by atoms with E-state index in [9.17, 15) is 9.59 Å². The summed E-state index contributed by atoms with van der Waals surface area (Å²) in [5, 5.41) is 0.538. The van der Waals surface area contributed by atoms with Crippen LogP contribution in [-0.4, -0.2) is 58.6 Å². The van der Waals surface area contributed by atoms with E-state index in [1.807, 2.05) is 20.8 Å². The minimum Gasteiger partial charge on any atom is -0.444 e. The van der Waals surface area contributed by atoms with E-state index < -0.39 is 5.60 Å². The molecule has 0 radical (unpaired) electrons. The average Bonchev–Trinajstić information content (AvgIpc) is 2.44. The van der Waals surface area contributed by atoms with Crippen LogP contribution in [0.3, 0.4) is 0 Å². The first-order chi connectivity index (χ1) is 11.1. The van der Waals surface area contributed by atoms with Crippen LogP contribution in [0.4, 0.5) is 4.79 Å². The molecular formula is C16H21Cl2N3O3. The topological polar surface area (TPSA) is 62.7 Å². The van der Waals surface area contributed by atoms with Crippen molar-refractivity contribution in [2.45, 2.75) is 33.3 Å². The molecule has 1 aliphatic heterocycles. The molecule has 2 rings (SSSR count). The molecule has 132 valence electrons. The number of nitrogens with zero attached hydrogens (tertiary/aromatic N) is 3. The van der Waals surface area contributed by atoms with Gasteiger partial charge in [0, 0.05) is 26.2 Å². The zero-order valence-corrected chi connectivity index (χ0v) is 15.7. The van der Waals surface area contributed by atoms with E-state index in [2.05, 4.69) is 4.98 Å². The van der Waals surface area contributed by atoms with Gasteiger partial charge in [-0.3, -0.25) is 4.79 Å². The summed E-state index contributed by atoms with van der Waals surface area (Å²) in [7, 11) is 0. The number of hydrogen-bond acceptors (Lipinski definition) is 4. The van der Waals surface area contributed by atoms with Crippen LogP contribution in [0.1, 0.15) is 36.8 Å². The second-order valence-corrected chi connectivity index (χ2v) is 7.44. The fraction of sp³-hybridized carbons (Fsp3) is 0.562. The van der Waals surface area contributed by atoms with Crippen molar-refractivity contribution >= 4 is 35.2 Å². The highest BCUT2D eigenvalue weighted by Crippen LogP contribution is 2.24. The van der Waals surface area contributed by atoms with Crippen LogP contribution < -0.4 is 0 Å². The maximum Gasteiger partial charge on any atom is 0.410 e. The summed E-state index contributed by atoms with van der Waals surface area (Å²) in [5.74, 6) is -0.203. The smallest absolute Gasteiger partial charge is 0.410 e. The molecule has 0 aliphatic carbocycles. The van der Waals surface area contributed by atoms with Crippen molar-refractivity contribution in [2.24, 2.45) is 0 Å². The number of halogens is 2. The van der Waals surface area contributed by atoms with Crippen molar-refractivity contribution in [2.75, 3.05) is 26.2 Å². The Morgan fingerprint density at radius 2 is 1.67 bits per heavy atom. The Labute approximate surface area is 151 Å². The first-order valence-electron chi connectivity index (χ1n) is 7.68. The number of amides is 2. The number of piperazine rings is 1. The van der Waals surface area contributed by atoms with Gasteiger partial charge in [-0.25, -0.2) is 9.78 Å². The van der Waals surface area contributed by atoms with Gasteiger partial charge >= 0.3 is 6.09 Å². The number of carbonyl (C=O) groups is 2. The predicted octanol–water partition coefficient (Wildman–Crippen LogP) is 3.39. The fourth-order valence-electron chi connectivity index (χ4n) is 2.43. The lowest BCUT2D eigenvalue weighted by atomic mass is 10.1. The summed E-state index contributed by atoms with van der Waals surface area (Å²) in [5.41, 5.74) is 0.308. The maximum atomic E-state index is 12.7. The van der Waals surface area contributed by atoms with E-state index in [4.69, 9.17) is 27.9 Å². The normalized spacial score (nSPS) is 15.4. The van der Waals surface area contributed by atoms with E-state index in [1.54, 1.807) is 16.7 Å². The van der Waals surface area contributed by atoms with Gasteiger partial charge in [0.1, 0.15) is 10.8 Å². The lowest BCUT2D eigenvalue weighted by Gasteiger charge is -2.35. The molecule has 0 unspecified atom stereocenters. The lowest BCUT2D eigenvalue weighted by Crippen LogP contribution is -2.51.